The quantitative estimate of drug-likeness (QED) is 0.164. The number of hydrogen-bond donors (Lipinski definition) is 0. The summed E-state index contributed by atoms with van der Waals surface area (Å²) < 4.78 is 5.05. The van der Waals surface area contributed by atoms with Crippen LogP contribution in [0.2, 0.25) is 0 Å². The largest absolute Gasteiger partial charge is 0.310 e. The normalized spacial score (nSPS) is 11.7. The molecular weight excluding hydrogens is 733 g/mol. The van der Waals surface area contributed by atoms with E-state index >= 15 is 0 Å². The molecule has 0 unspecified atom stereocenters. The summed E-state index contributed by atoms with van der Waals surface area (Å²) in [6.07, 6.45) is 0. The van der Waals surface area contributed by atoms with Gasteiger partial charge in [0.25, 0.3) is 0 Å². The lowest BCUT2D eigenvalue weighted by molar-refractivity contribution is 1.18. The second-order valence-corrected chi connectivity index (χ2v) is 16.4. The Balaban J connectivity index is 1.14. The zero-order chi connectivity index (χ0) is 38.9. The molecule has 0 spiro atoms. The fraction of sp³-hybridized carbons (Fsp3) is 0. The summed E-state index contributed by atoms with van der Waals surface area (Å²) in [5.41, 5.74) is 11.6. The first-order valence-corrected chi connectivity index (χ1v) is 21.0. The monoisotopic (exact) mass is 768 g/mol. The van der Waals surface area contributed by atoms with Crippen LogP contribution < -0.4 is 4.90 Å². The van der Waals surface area contributed by atoms with Crippen molar-refractivity contribution in [1.82, 2.24) is 4.57 Å². The lowest BCUT2D eigenvalue weighted by atomic mass is 9.97. The number of anilines is 3. The van der Waals surface area contributed by atoms with E-state index in [1.807, 2.05) is 11.3 Å². The van der Waals surface area contributed by atoms with Gasteiger partial charge in [-0.1, -0.05) is 152 Å². The van der Waals surface area contributed by atoms with Gasteiger partial charge in [-0.25, -0.2) is 0 Å². The van der Waals surface area contributed by atoms with E-state index in [9.17, 15) is 0 Å². The standard InChI is InChI=1S/C56H36N2S/c1-2-16-44(17-3-1)58-51-20-10-8-19-50(51)55-52(33-32-47(56(55)58)43-25-23-38-13-5-7-15-41(38)35-43)57(46-30-31-49-48-18-9-11-21-53(48)59-54(49)36-46)45-28-26-39(27-29-45)42-24-22-37-12-4-6-14-40(37)34-42/h1-36H. The second kappa shape index (κ2) is 13.6. The van der Waals surface area contributed by atoms with Crippen LogP contribution in [-0.2, 0) is 0 Å². The summed E-state index contributed by atoms with van der Waals surface area (Å²) in [5.74, 6) is 0. The van der Waals surface area contributed by atoms with Gasteiger partial charge in [0.05, 0.1) is 16.7 Å². The minimum atomic E-state index is 1.10. The number of benzene rings is 10. The molecule has 0 saturated carbocycles. The maximum absolute atomic E-state index is 2.47. The van der Waals surface area contributed by atoms with E-state index in [0.717, 1.165) is 22.7 Å². The molecule has 12 rings (SSSR count). The van der Waals surface area contributed by atoms with Crippen LogP contribution in [0.25, 0.3) is 91.5 Å². The van der Waals surface area contributed by atoms with E-state index in [2.05, 4.69) is 228 Å². The summed E-state index contributed by atoms with van der Waals surface area (Å²) in [4.78, 5) is 2.47. The Labute approximate surface area is 346 Å². The Morgan fingerprint density at radius 2 is 0.966 bits per heavy atom. The molecule has 0 N–H and O–H groups in total. The van der Waals surface area contributed by atoms with E-state index in [1.54, 1.807) is 0 Å². The predicted octanol–water partition coefficient (Wildman–Crippen LogP) is 16.3. The van der Waals surface area contributed by atoms with Gasteiger partial charge in [0.1, 0.15) is 0 Å². The van der Waals surface area contributed by atoms with Crippen molar-refractivity contribution in [2.75, 3.05) is 4.90 Å². The molecule has 0 saturated heterocycles. The Morgan fingerprint density at radius 1 is 0.373 bits per heavy atom. The van der Waals surface area contributed by atoms with E-state index < -0.39 is 0 Å². The number of nitrogens with zero attached hydrogens (tertiary/aromatic N) is 2. The van der Waals surface area contributed by atoms with E-state index in [-0.39, 0.29) is 0 Å². The van der Waals surface area contributed by atoms with Gasteiger partial charge in [-0.3, -0.25) is 0 Å². The summed E-state index contributed by atoms with van der Waals surface area (Å²) >= 11 is 1.86. The van der Waals surface area contributed by atoms with Gasteiger partial charge in [0, 0.05) is 53.6 Å². The Hall–Kier alpha value is -7.46. The SMILES string of the molecule is c1ccc(-n2c3ccccc3c3c(N(c4ccc(-c5ccc6ccccc6c5)cc4)c4ccc5c(c4)sc4ccccc45)ccc(-c4ccc5ccccc5c4)c32)cc1. The Kier molecular flexibility index (Phi) is 7.75. The maximum atomic E-state index is 2.47. The average Bonchev–Trinajstić information content (AvgIpc) is 3.85. The first-order valence-electron chi connectivity index (χ1n) is 20.2. The van der Waals surface area contributed by atoms with E-state index in [0.29, 0.717) is 0 Å². The first-order chi connectivity index (χ1) is 29.2. The molecule has 276 valence electrons. The van der Waals surface area contributed by atoms with Gasteiger partial charge < -0.3 is 9.47 Å². The Morgan fingerprint density at radius 3 is 1.75 bits per heavy atom. The first kappa shape index (κ1) is 33.7. The van der Waals surface area contributed by atoms with Gasteiger partial charge in [-0.05, 0) is 105 Å². The van der Waals surface area contributed by atoms with Gasteiger partial charge in [0.15, 0.2) is 0 Å². The molecule has 0 aliphatic heterocycles. The molecule has 0 amide bonds. The van der Waals surface area contributed by atoms with Gasteiger partial charge in [0.2, 0.25) is 0 Å². The molecule has 0 radical (unpaired) electrons. The molecule has 12 aromatic rings. The van der Waals surface area contributed by atoms with Crippen molar-refractivity contribution >= 4 is 91.9 Å². The molecule has 0 bridgehead atoms. The molecule has 0 atom stereocenters. The molecule has 59 heavy (non-hydrogen) atoms. The second-order valence-electron chi connectivity index (χ2n) is 15.3. The summed E-state index contributed by atoms with van der Waals surface area (Å²) in [6.45, 7) is 0. The highest BCUT2D eigenvalue weighted by Gasteiger charge is 2.24. The van der Waals surface area contributed by atoms with Crippen LogP contribution in [-0.4, -0.2) is 4.57 Å². The minimum absolute atomic E-state index is 1.10. The fourth-order valence-corrected chi connectivity index (χ4v) is 10.3. The highest BCUT2D eigenvalue weighted by Crippen LogP contribution is 2.48. The molecule has 2 heterocycles. The minimum Gasteiger partial charge on any atom is -0.310 e. The molecule has 10 aromatic carbocycles. The van der Waals surface area contributed by atoms with Crippen molar-refractivity contribution in [3.05, 3.63) is 218 Å². The van der Waals surface area contributed by atoms with Crippen LogP contribution in [0.3, 0.4) is 0 Å². The predicted molar refractivity (Wildman–Crippen MR) is 254 cm³/mol. The van der Waals surface area contributed by atoms with Crippen molar-refractivity contribution in [3.63, 3.8) is 0 Å². The number of rotatable bonds is 6. The van der Waals surface area contributed by atoms with Crippen LogP contribution in [0.4, 0.5) is 17.1 Å². The van der Waals surface area contributed by atoms with E-state index in [1.165, 1.54) is 85.8 Å². The highest BCUT2D eigenvalue weighted by atomic mass is 32.1. The third kappa shape index (κ3) is 5.55. The summed E-state index contributed by atoms with van der Waals surface area (Å²) in [6, 6.07) is 80.1. The van der Waals surface area contributed by atoms with Crippen LogP contribution in [0.15, 0.2) is 218 Å². The van der Waals surface area contributed by atoms with Crippen molar-refractivity contribution in [3.8, 4) is 27.9 Å². The lowest BCUT2D eigenvalue weighted by Crippen LogP contribution is -2.10. The zero-order valence-corrected chi connectivity index (χ0v) is 32.9. The molecule has 2 nitrogen and oxygen atoms in total. The van der Waals surface area contributed by atoms with Gasteiger partial charge >= 0.3 is 0 Å². The molecule has 0 aliphatic carbocycles. The summed E-state index contributed by atoms with van der Waals surface area (Å²) in [7, 11) is 0. The third-order valence-corrected chi connectivity index (χ3v) is 13.1. The maximum Gasteiger partial charge on any atom is 0.0640 e. The number of para-hydroxylation sites is 2. The van der Waals surface area contributed by atoms with Gasteiger partial charge in [-0.15, -0.1) is 11.3 Å². The molecule has 0 aliphatic rings. The van der Waals surface area contributed by atoms with Crippen molar-refractivity contribution in [2.24, 2.45) is 0 Å². The van der Waals surface area contributed by atoms with Gasteiger partial charge in [-0.2, -0.15) is 0 Å². The Bertz CT molecular complexity index is 3560. The molecule has 3 heteroatoms. The molecule has 0 fully saturated rings. The fourth-order valence-electron chi connectivity index (χ4n) is 9.15. The smallest absolute Gasteiger partial charge is 0.0640 e. The number of aromatic nitrogens is 1. The number of hydrogen-bond acceptors (Lipinski definition) is 2. The molecule has 2 aromatic heterocycles. The summed E-state index contributed by atoms with van der Waals surface area (Å²) in [5, 5.41) is 9.99. The average molecular weight is 769 g/mol. The van der Waals surface area contributed by atoms with Crippen LogP contribution in [0.1, 0.15) is 0 Å². The highest BCUT2D eigenvalue weighted by molar-refractivity contribution is 7.25. The van der Waals surface area contributed by atoms with Crippen LogP contribution >= 0.6 is 11.3 Å². The molecular formula is C56H36N2S. The number of thiophene rings is 1. The lowest BCUT2D eigenvalue weighted by Gasteiger charge is -2.27. The van der Waals surface area contributed by atoms with Crippen LogP contribution in [0, 0.1) is 0 Å². The van der Waals surface area contributed by atoms with E-state index in [4.69, 9.17) is 0 Å². The zero-order valence-electron chi connectivity index (χ0n) is 32.1. The van der Waals surface area contributed by atoms with Crippen molar-refractivity contribution in [1.29, 1.82) is 0 Å². The topological polar surface area (TPSA) is 8.17 Å². The van der Waals surface area contributed by atoms with Crippen molar-refractivity contribution in [2.45, 2.75) is 0 Å². The van der Waals surface area contributed by atoms with Crippen molar-refractivity contribution < 1.29 is 0 Å². The number of fused-ring (bicyclic) bond motifs is 8. The third-order valence-electron chi connectivity index (χ3n) is 11.9. The van der Waals surface area contributed by atoms with Crippen LogP contribution in [0.5, 0.6) is 0 Å².